The average Bonchev–Trinajstić information content (AvgIpc) is 2.83. The molecule has 1 aliphatic heterocycles. The molecular formula is C14H24N4OS. The highest BCUT2D eigenvalue weighted by Gasteiger charge is 2.23. The third-order valence-electron chi connectivity index (χ3n) is 3.69. The average molecular weight is 296 g/mol. The molecule has 1 aromatic heterocycles. The quantitative estimate of drug-likeness (QED) is 0.890. The summed E-state index contributed by atoms with van der Waals surface area (Å²) >= 11 is 1.63. The number of thiazole rings is 1. The molecular weight excluding hydrogens is 272 g/mol. The molecule has 2 heterocycles. The molecule has 0 bridgehead atoms. The molecule has 0 spiro atoms. The fourth-order valence-corrected chi connectivity index (χ4v) is 3.11. The van der Waals surface area contributed by atoms with Gasteiger partial charge >= 0.3 is 0 Å². The minimum absolute atomic E-state index is 0.113. The largest absolute Gasteiger partial charge is 0.340 e. The van der Waals surface area contributed by atoms with Crippen LogP contribution in [0.5, 0.6) is 0 Å². The van der Waals surface area contributed by atoms with E-state index >= 15 is 0 Å². The normalized spacial score (nSPS) is 18.8. The van der Waals surface area contributed by atoms with Crippen LogP contribution in [-0.2, 0) is 11.3 Å². The summed E-state index contributed by atoms with van der Waals surface area (Å²) in [5.41, 5.74) is 8.93. The highest BCUT2D eigenvalue weighted by molar-refractivity contribution is 7.07. The lowest BCUT2D eigenvalue weighted by molar-refractivity contribution is -0.132. The Hall–Kier alpha value is -0.980. The summed E-state index contributed by atoms with van der Waals surface area (Å²) in [6, 6.07) is -0.329. The number of nitrogens with two attached hydrogens (primary N) is 1. The Morgan fingerprint density at radius 2 is 2.30 bits per heavy atom. The van der Waals surface area contributed by atoms with Gasteiger partial charge in [0.25, 0.3) is 0 Å². The zero-order valence-electron chi connectivity index (χ0n) is 12.1. The molecule has 1 aromatic rings. The molecule has 20 heavy (non-hydrogen) atoms. The van der Waals surface area contributed by atoms with E-state index in [9.17, 15) is 4.79 Å². The monoisotopic (exact) mass is 296 g/mol. The van der Waals surface area contributed by atoms with Crippen LogP contribution in [0.25, 0.3) is 0 Å². The lowest BCUT2D eigenvalue weighted by Gasteiger charge is -2.24. The first kappa shape index (κ1) is 15.4. The van der Waals surface area contributed by atoms with Crippen molar-refractivity contribution in [2.75, 3.05) is 26.2 Å². The predicted octanol–water partition coefficient (Wildman–Crippen LogP) is 1.30. The van der Waals surface area contributed by atoms with Gasteiger partial charge in [0, 0.05) is 38.1 Å². The van der Waals surface area contributed by atoms with E-state index in [1.54, 1.807) is 11.3 Å². The van der Waals surface area contributed by atoms with E-state index in [-0.39, 0.29) is 11.9 Å². The number of aromatic nitrogens is 1. The highest BCUT2D eigenvalue weighted by atomic mass is 32.1. The minimum atomic E-state index is -0.329. The molecule has 112 valence electrons. The van der Waals surface area contributed by atoms with Gasteiger partial charge in [-0.3, -0.25) is 9.69 Å². The van der Waals surface area contributed by atoms with E-state index < -0.39 is 0 Å². The topological polar surface area (TPSA) is 62.5 Å². The Bertz CT molecular complexity index is 409. The van der Waals surface area contributed by atoms with Crippen molar-refractivity contribution in [1.82, 2.24) is 14.8 Å². The van der Waals surface area contributed by atoms with Crippen LogP contribution in [0.3, 0.4) is 0 Å². The summed E-state index contributed by atoms with van der Waals surface area (Å²) < 4.78 is 0. The van der Waals surface area contributed by atoms with E-state index in [1.807, 2.05) is 10.4 Å². The molecule has 6 heteroatoms. The SMILES string of the molecule is CCCC(N)C(=O)N1CCCN(Cc2cscn2)CC1. The molecule has 5 nitrogen and oxygen atoms in total. The van der Waals surface area contributed by atoms with E-state index in [2.05, 4.69) is 22.2 Å². The van der Waals surface area contributed by atoms with Crippen LogP contribution in [-0.4, -0.2) is 52.9 Å². The van der Waals surface area contributed by atoms with Gasteiger partial charge in [-0.2, -0.15) is 0 Å². The van der Waals surface area contributed by atoms with Crippen molar-refractivity contribution in [2.24, 2.45) is 5.73 Å². The van der Waals surface area contributed by atoms with E-state index in [1.165, 1.54) is 0 Å². The Balaban J connectivity index is 1.84. The maximum Gasteiger partial charge on any atom is 0.239 e. The molecule has 0 radical (unpaired) electrons. The van der Waals surface area contributed by atoms with Crippen molar-refractivity contribution in [3.8, 4) is 0 Å². The maximum atomic E-state index is 12.2. The van der Waals surface area contributed by atoms with Crippen LogP contribution in [0.15, 0.2) is 10.9 Å². The molecule has 0 aliphatic carbocycles. The second-order valence-corrected chi connectivity index (χ2v) is 6.05. The first-order valence-corrected chi connectivity index (χ1v) is 8.28. The second-order valence-electron chi connectivity index (χ2n) is 5.33. The lowest BCUT2D eigenvalue weighted by Crippen LogP contribution is -2.45. The van der Waals surface area contributed by atoms with Gasteiger partial charge in [0.2, 0.25) is 5.91 Å². The highest BCUT2D eigenvalue weighted by Crippen LogP contribution is 2.10. The van der Waals surface area contributed by atoms with Crippen LogP contribution < -0.4 is 5.73 Å². The lowest BCUT2D eigenvalue weighted by atomic mass is 10.1. The fraction of sp³-hybridized carbons (Fsp3) is 0.714. The Labute approximate surface area is 124 Å². The number of amides is 1. The molecule has 1 saturated heterocycles. The van der Waals surface area contributed by atoms with Gasteiger partial charge < -0.3 is 10.6 Å². The van der Waals surface area contributed by atoms with Crippen LogP contribution in [0.4, 0.5) is 0 Å². The number of carbonyl (C=O) groups excluding carboxylic acids is 1. The van der Waals surface area contributed by atoms with Crippen LogP contribution in [0.1, 0.15) is 31.9 Å². The molecule has 1 aliphatic rings. The van der Waals surface area contributed by atoms with Gasteiger partial charge in [0.1, 0.15) is 0 Å². The number of nitrogens with zero attached hydrogens (tertiary/aromatic N) is 3. The fourth-order valence-electron chi connectivity index (χ4n) is 2.56. The van der Waals surface area contributed by atoms with Gasteiger partial charge in [-0.25, -0.2) is 4.98 Å². The smallest absolute Gasteiger partial charge is 0.239 e. The Kier molecular flexibility index (Phi) is 5.94. The number of hydrogen-bond acceptors (Lipinski definition) is 5. The van der Waals surface area contributed by atoms with Crippen molar-refractivity contribution < 1.29 is 4.79 Å². The summed E-state index contributed by atoms with van der Waals surface area (Å²) in [5.74, 6) is 0.113. The zero-order valence-corrected chi connectivity index (χ0v) is 12.9. The predicted molar refractivity (Wildman–Crippen MR) is 81.5 cm³/mol. The molecule has 0 saturated carbocycles. The van der Waals surface area contributed by atoms with E-state index in [0.717, 1.165) is 57.7 Å². The standard InChI is InChI=1S/C14H24N4OS/c1-2-4-13(15)14(19)18-6-3-5-17(7-8-18)9-12-10-20-11-16-12/h10-11,13H,2-9,15H2,1H3. The zero-order chi connectivity index (χ0) is 14.4. The van der Waals surface area contributed by atoms with Gasteiger partial charge in [0.15, 0.2) is 0 Å². The van der Waals surface area contributed by atoms with Crippen molar-refractivity contribution in [1.29, 1.82) is 0 Å². The van der Waals surface area contributed by atoms with Gasteiger partial charge in [-0.05, 0) is 12.8 Å². The molecule has 1 amide bonds. The summed E-state index contributed by atoms with van der Waals surface area (Å²) in [6.45, 7) is 6.47. The maximum absolute atomic E-state index is 12.2. The summed E-state index contributed by atoms with van der Waals surface area (Å²) in [4.78, 5) is 20.9. The first-order valence-electron chi connectivity index (χ1n) is 7.34. The summed E-state index contributed by atoms with van der Waals surface area (Å²) in [6.07, 6.45) is 2.74. The molecule has 1 unspecified atom stereocenters. The second kappa shape index (κ2) is 7.71. The Morgan fingerprint density at radius 1 is 1.45 bits per heavy atom. The van der Waals surface area contributed by atoms with Crippen molar-refractivity contribution in [3.05, 3.63) is 16.6 Å². The van der Waals surface area contributed by atoms with Crippen LogP contribution in [0.2, 0.25) is 0 Å². The van der Waals surface area contributed by atoms with Crippen molar-refractivity contribution in [2.45, 2.75) is 38.8 Å². The third-order valence-corrected chi connectivity index (χ3v) is 4.32. The first-order chi connectivity index (χ1) is 9.70. The summed E-state index contributed by atoms with van der Waals surface area (Å²) in [5, 5.41) is 2.09. The van der Waals surface area contributed by atoms with Gasteiger partial charge in [-0.15, -0.1) is 11.3 Å². The molecule has 2 N–H and O–H groups in total. The number of hydrogen-bond donors (Lipinski definition) is 1. The Morgan fingerprint density at radius 3 is 3.00 bits per heavy atom. The van der Waals surface area contributed by atoms with Gasteiger partial charge in [-0.1, -0.05) is 13.3 Å². The molecule has 0 aromatic carbocycles. The van der Waals surface area contributed by atoms with E-state index in [0.29, 0.717) is 0 Å². The van der Waals surface area contributed by atoms with Gasteiger partial charge in [0.05, 0.1) is 17.2 Å². The number of carbonyl (C=O) groups is 1. The van der Waals surface area contributed by atoms with Crippen molar-refractivity contribution >= 4 is 17.2 Å². The van der Waals surface area contributed by atoms with Crippen LogP contribution in [0, 0.1) is 0 Å². The van der Waals surface area contributed by atoms with E-state index in [4.69, 9.17) is 5.73 Å². The number of rotatable bonds is 5. The molecule has 1 fully saturated rings. The molecule has 2 rings (SSSR count). The minimum Gasteiger partial charge on any atom is -0.340 e. The van der Waals surface area contributed by atoms with Crippen molar-refractivity contribution in [3.63, 3.8) is 0 Å². The third kappa shape index (κ3) is 4.26. The van der Waals surface area contributed by atoms with Crippen LogP contribution >= 0.6 is 11.3 Å². The molecule has 1 atom stereocenters. The summed E-state index contributed by atoms with van der Waals surface area (Å²) in [7, 11) is 0.